The average Bonchev–Trinajstić information content (AvgIpc) is 3.05. The number of benzene rings is 2. The third-order valence-corrected chi connectivity index (χ3v) is 12.1. The van der Waals surface area contributed by atoms with E-state index in [9.17, 15) is 30.2 Å². The van der Waals surface area contributed by atoms with E-state index < -0.39 is 51.1 Å². The summed E-state index contributed by atoms with van der Waals surface area (Å²) < 4.78 is 107. The summed E-state index contributed by atoms with van der Waals surface area (Å²) in [7, 11) is -7.93. The van der Waals surface area contributed by atoms with E-state index in [2.05, 4.69) is 19.9 Å². The fourth-order valence-electron chi connectivity index (χ4n) is 5.65. The van der Waals surface area contributed by atoms with Crippen molar-refractivity contribution in [1.29, 1.82) is 0 Å². The molecule has 0 aliphatic heterocycles. The highest BCUT2D eigenvalue weighted by molar-refractivity contribution is 7.92. The van der Waals surface area contributed by atoms with Crippen LogP contribution in [0.25, 0.3) is 22.5 Å². The highest BCUT2D eigenvalue weighted by Gasteiger charge is 2.46. The predicted octanol–water partition coefficient (Wildman–Crippen LogP) is 7.78. The molecule has 0 radical (unpaired) electrons. The third-order valence-electron chi connectivity index (χ3n) is 8.55. The van der Waals surface area contributed by atoms with Gasteiger partial charge in [-0.1, -0.05) is 27.7 Å². The Morgan fingerprint density at radius 3 is 1.17 bits per heavy atom. The third kappa shape index (κ3) is 9.43. The summed E-state index contributed by atoms with van der Waals surface area (Å²) in [6, 6.07) is 10.9. The van der Waals surface area contributed by atoms with Gasteiger partial charge in [0.1, 0.15) is 22.8 Å². The maximum absolute atomic E-state index is 14.1. The van der Waals surface area contributed by atoms with Crippen LogP contribution in [0.5, 0.6) is 0 Å². The van der Waals surface area contributed by atoms with Gasteiger partial charge in [0.15, 0.2) is 0 Å². The number of sulfonamides is 2. The molecule has 0 fully saturated rings. The molecule has 0 atom stereocenters. The lowest BCUT2D eigenvalue weighted by Gasteiger charge is -2.29. The van der Waals surface area contributed by atoms with Crippen molar-refractivity contribution in [2.75, 3.05) is 35.2 Å². The molecule has 0 amide bonds. The van der Waals surface area contributed by atoms with Gasteiger partial charge in [-0.3, -0.25) is 0 Å². The minimum atomic E-state index is -3.78. The molecule has 0 aliphatic carbocycles. The quantitative estimate of drug-likeness (QED) is 0.114. The first-order chi connectivity index (χ1) is 24.7. The second-order valence-corrected chi connectivity index (χ2v) is 19.3. The molecular formula is C36H46F2N6O7PS2+. The first-order valence-corrected chi connectivity index (χ1v) is 21.6. The molecule has 2 heterocycles. The van der Waals surface area contributed by atoms with Crippen LogP contribution >= 0.6 is 8.25 Å². The van der Waals surface area contributed by atoms with Crippen molar-refractivity contribution < 1.29 is 39.2 Å². The van der Waals surface area contributed by atoms with Gasteiger partial charge >= 0.3 is 8.25 Å². The van der Waals surface area contributed by atoms with Crippen LogP contribution in [0.3, 0.4) is 0 Å². The lowest BCUT2D eigenvalue weighted by molar-refractivity contribution is 0.0410. The maximum Gasteiger partial charge on any atom is 0.699 e. The average molecular weight is 808 g/mol. The molecule has 13 nitrogen and oxygen atoms in total. The second kappa shape index (κ2) is 15.6. The van der Waals surface area contributed by atoms with Gasteiger partial charge in [0, 0.05) is 40.9 Å². The van der Waals surface area contributed by atoms with Crippen LogP contribution in [0.2, 0.25) is 0 Å². The molecule has 0 saturated heterocycles. The fourth-order valence-corrected chi connectivity index (χ4v) is 7.37. The Morgan fingerprint density at radius 2 is 0.907 bits per heavy atom. The number of anilines is 2. The van der Waals surface area contributed by atoms with E-state index in [1.165, 1.54) is 62.6 Å². The number of halogens is 2. The Morgan fingerprint density at radius 1 is 0.611 bits per heavy atom. The Labute approximate surface area is 317 Å². The smallest absolute Gasteiger partial charge is 0.241 e. The van der Waals surface area contributed by atoms with E-state index in [0.717, 1.165) is 21.1 Å². The van der Waals surface area contributed by atoms with Gasteiger partial charge in [0.25, 0.3) is 0 Å². The molecule has 2 aromatic carbocycles. The molecule has 18 heteroatoms. The first-order valence-electron chi connectivity index (χ1n) is 16.8. The molecule has 0 N–H and O–H groups in total. The fraction of sp³-hybridized carbons (Fsp3) is 0.444. The molecule has 54 heavy (non-hydrogen) atoms. The minimum absolute atomic E-state index is 0.124. The molecule has 4 aromatic rings. The number of rotatable bonds is 14. The number of hydrogen-bond donors (Lipinski definition) is 0. The van der Waals surface area contributed by atoms with Gasteiger partial charge in [-0.15, -0.1) is 9.05 Å². The Kier molecular flexibility index (Phi) is 12.4. The van der Waals surface area contributed by atoms with Crippen LogP contribution in [0.4, 0.5) is 20.7 Å². The van der Waals surface area contributed by atoms with E-state index in [1.54, 1.807) is 27.7 Å². The summed E-state index contributed by atoms with van der Waals surface area (Å²) in [5.74, 6) is -1.88. The summed E-state index contributed by atoms with van der Waals surface area (Å²) in [5.41, 5.74) is -0.107. The van der Waals surface area contributed by atoms with Crippen LogP contribution in [0.15, 0.2) is 48.5 Å². The van der Waals surface area contributed by atoms with E-state index in [1.807, 2.05) is 27.7 Å². The summed E-state index contributed by atoms with van der Waals surface area (Å²) in [6.45, 7) is 13.9. The van der Waals surface area contributed by atoms with Crippen molar-refractivity contribution in [2.24, 2.45) is 0 Å². The summed E-state index contributed by atoms with van der Waals surface area (Å²) in [6.07, 6.45) is 2.03. The van der Waals surface area contributed by atoms with Crippen molar-refractivity contribution >= 4 is 40.2 Å². The van der Waals surface area contributed by atoms with Crippen LogP contribution < -0.4 is 8.61 Å². The van der Waals surface area contributed by atoms with E-state index in [4.69, 9.17) is 9.05 Å². The highest BCUT2D eigenvalue weighted by Crippen LogP contribution is 2.49. The highest BCUT2D eigenvalue weighted by atomic mass is 32.2. The van der Waals surface area contributed by atoms with Crippen molar-refractivity contribution in [3.8, 4) is 22.5 Å². The van der Waals surface area contributed by atoms with Crippen molar-refractivity contribution in [2.45, 2.75) is 78.4 Å². The van der Waals surface area contributed by atoms with Crippen LogP contribution in [0, 0.1) is 11.6 Å². The van der Waals surface area contributed by atoms with Crippen LogP contribution in [-0.2, 0) is 44.9 Å². The number of nitrogens with zero attached hydrogens (tertiary/aromatic N) is 6. The normalized spacial score (nSPS) is 12.7. The molecule has 0 aliphatic rings. The molecule has 2 aromatic heterocycles. The summed E-state index contributed by atoms with van der Waals surface area (Å²) in [4.78, 5) is 18.4. The monoisotopic (exact) mass is 807 g/mol. The SMILES string of the molecule is CC(C)c1nc(N(C)S(C)(=O)=O)nc(-c2ccc(F)cc2)c1C(C)(C)O[P+](=O)OC(C)(C)c1c(-c2ccc(F)cc2)nc(N(C)S(C)(=O)=O)nc1C(C)C. The predicted molar refractivity (Wildman–Crippen MR) is 205 cm³/mol. The van der Waals surface area contributed by atoms with Crippen molar-refractivity contribution in [3.63, 3.8) is 0 Å². The first kappa shape index (κ1) is 42.7. The van der Waals surface area contributed by atoms with E-state index in [-0.39, 0.29) is 35.1 Å². The Hall–Kier alpha value is -4.02. The van der Waals surface area contributed by atoms with E-state index >= 15 is 0 Å². The number of hydrogen-bond acceptors (Lipinski definition) is 11. The topological polar surface area (TPSA) is 162 Å². The molecule has 0 saturated carbocycles. The van der Waals surface area contributed by atoms with Gasteiger partial charge in [0.05, 0.1) is 35.3 Å². The summed E-state index contributed by atoms with van der Waals surface area (Å²) >= 11 is 0. The van der Waals surface area contributed by atoms with Gasteiger partial charge in [-0.2, -0.15) is 0 Å². The Bertz CT molecular complexity index is 2110. The zero-order valence-corrected chi connectivity index (χ0v) is 34.9. The standard InChI is InChI=1S/C36H46F2N6O7PS2/c1-21(2)29-27(31(23-13-17-25(37)18-14-23)41-33(39-29)43(9)53(11,46)47)35(5,6)50-52(45)51-36(7,8)28-30(22(3)4)40-34(44(10)54(12,48)49)42-32(28)24-15-19-26(38)20-16-24/h13-22H,1-12H3/q+1. The Balaban J connectivity index is 1.88. The van der Waals surface area contributed by atoms with Gasteiger partial charge in [-0.25, -0.2) is 54.2 Å². The molecule has 292 valence electrons. The molecule has 0 spiro atoms. The largest absolute Gasteiger partial charge is 0.699 e. The lowest BCUT2D eigenvalue weighted by Crippen LogP contribution is -2.31. The minimum Gasteiger partial charge on any atom is -0.241 e. The van der Waals surface area contributed by atoms with Crippen molar-refractivity contribution in [1.82, 2.24) is 19.9 Å². The lowest BCUT2D eigenvalue weighted by atomic mass is 9.88. The molecule has 0 unspecified atom stereocenters. The van der Waals surface area contributed by atoms with Crippen molar-refractivity contribution in [3.05, 3.63) is 82.7 Å². The van der Waals surface area contributed by atoms with Crippen LogP contribution in [0.1, 0.15) is 89.7 Å². The molecule has 4 rings (SSSR count). The zero-order valence-electron chi connectivity index (χ0n) is 32.3. The van der Waals surface area contributed by atoms with Gasteiger partial charge < -0.3 is 0 Å². The zero-order chi connectivity index (χ0) is 40.7. The van der Waals surface area contributed by atoms with Gasteiger partial charge in [-0.05, 0) is 88.1 Å². The van der Waals surface area contributed by atoms with Gasteiger partial charge in [0.2, 0.25) is 31.9 Å². The molecule has 0 bridgehead atoms. The van der Waals surface area contributed by atoms with Crippen LogP contribution in [-0.4, -0.2) is 63.4 Å². The maximum atomic E-state index is 14.1. The molecular weight excluding hydrogens is 762 g/mol. The van der Waals surface area contributed by atoms with E-state index in [0.29, 0.717) is 33.6 Å². The summed E-state index contributed by atoms with van der Waals surface area (Å²) in [5, 5.41) is 0. The second-order valence-electron chi connectivity index (χ2n) is 14.5. The number of aromatic nitrogens is 4.